The Morgan fingerprint density at radius 2 is 2.00 bits per heavy atom. The van der Waals surface area contributed by atoms with Crippen LogP contribution >= 0.6 is 0 Å². The number of aromatic nitrogens is 4. The van der Waals surface area contributed by atoms with E-state index in [9.17, 15) is 5.11 Å². The number of nitrogens with two attached hydrogens (primary N) is 1. The monoisotopic (exact) mass is 275 g/mol. The van der Waals surface area contributed by atoms with Crippen molar-refractivity contribution in [3.63, 3.8) is 0 Å². The topological polar surface area (TPSA) is 89.8 Å². The highest BCUT2D eigenvalue weighted by molar-refractivity contribution is 5.79. The summed E-state index contributed by atoms with van der Waals surface area (Å²) >= 11 is 0. The van der Waals surface area contributed by atoms with E-state index in [1.807, 2.05) is 4.68 Å². The first-order chi connectivity index (χ1) is 9.56. The molecule has 0 atom stereocenters. The zero-order chi connectivity index (χ0) is 14.3. The highest BCUT2D eigenvalue weighted by atomic mass is 16.3. The van der Waals surface area contributed by atoms with Crippen LogP contribution < -0.4 is 5.73 Å². The second-order valence-electron chi connectivity index (χ2n) is 5.91. The number of aliphatic hydroxyl groups is 1. The third kappa shape index (κ3) is 2.24. The van der Waals surface area contributed by atoms with Gasteiger partial charge in [-0.15, -0.1) is 0 Å². The standard InChI is InChI=1S/C14H21N5O/c1-8(2)12-11-7-16-14(15)17-13(11)19(18-12)9-3-5-10(20)6-4-9/h7-10,20H,3-6H2,1-2H3,(H2,15,16,17). The fourth-order valence-electron chi connectivity index (χ4n) is 2.94. The van der Waals surface area contributed by atoms with Crippen LogP contribution in [-0.4, -0.2) is 31.0 Å². The van der Waals surface area contributed by atoms with E-state index in [1.165, 1.54) is 0 Å². The van der Waals surface area contributed by atoms with Gasteiger partial charge in [-0.3, -0.25) is 0 Å². The normalized spacial score (nSPS) is 23.6. The number of hydrogen-bond donors (Lipinski definition) is 2. The fraction of sp³-hybridized carbons (Fsp3) is 0.643. The number of nitrogens with zero attached hydrogens (tertiary/aromatic N) is 4. The molecule has 2 aromatic rings. The van der Waals surface area contributed by atoms with Gasteiger partial charge in [-0.25, -0.2) is 9.67 Å². The summed E-state index contributed by atoms with van der Waals surface area (Å²) in [6.45, 7) is 4.24. The van der Waals surface area contributed by atoms with Crippen molar-refractivity contribution in [1.82, 2.24) is 19.7 Å². The van der Waals surface area contributed by atoms with E-state index in [0.717, 1.165) is 42.4 Å². The second-order valence-corrected chi connectivity index (χ2v) is 5.91. The molecule has 0 radical (unpaired) electrons. The van der Waals surface area contributed by atoms with Crippen molar-refractivity contribution in [2.24, 2.45) is 0 Å². The lowest BCUT2D eigenvalue weighted by Crippen LogP contribution is -2.22. The zero-order valence-electron chi connectivity index (χ0n) is 12.0. The van der Waals surface area contributed by atoms with Crippen LogP contribution in [0.1, 0.15) is 57.2 Å². The van der Waals surface area contributed by atoms with Gasteiger partial charge in [0.2, 0.25) is 5.95 Å². The Labute approximate surface area is 118 Å². The molecule has 3 rings (SSSR count). The highest BCUT2D eigenvalue weighted by Gasteiger charge is 2.25. The first kappa shape index (κ1) is 13.3. The number of rotatable bonds is 2. The first-order valence-electron chi connectivity index (χ1n) is 7.25. The van der Waals surface area contributed by atoms with E-state index in [2.05, 4.69) is 23.8 Å². The van der Waals surface area contributed by atoms with Crippen molar-refractivity contribution in [1.29, 1.82) is 0 Å². The number of hydrogen-bond acceptors (Lipinski definition) is 5. The van der Waals surface area contributed by atoms with Gasteiger partial charge >= 0.3 is 0 Å². The van der Waals surface area contributed by atoms with Crippen LogP contribution in [0.15, 0.2) is 6.20 Å². The summed E-state index contributed by atoms with van der Waals surface area (Å²) in [4.78, 5) is 8.47. The average Bonchev–Trinajstić information content (AvgIpc) is 2.78. The number of nitrogen functional groups attached to an aromatic ring is 1. The third-order valence-corrected chi connectivity index (χ3v) is 4.05. The number of aliphatic hydroxyl groups excluding tert-OH is 1. The van der Waals surface area contributed by atoms with Crippen molar-refractivity contribution in [2.75, 3.05) is 5.73 Å². The van der Waals surface area contributed by atoms with Crippen molar-refractivity contribution in [3.05, 3.63) is 11.9 Å². The lowest BCUT2D eigenvalue weighted by Gasteiger charge is -2.25. The SMILES string of the molecule is CC(C)c1nn(C2CCC(O)CC2)c2nc(N)ncc12. The van der Waals surface area contributed by atoms with E-state index < -0.39 is 0 Å². The molecule has 2 aromatic heterocycles. The summed E-state index contributed by atoms with van der Waals surface area (Å²) in [7, 11) is 0. The van der Waals surface area contributed by atoms with E-state index in [1.54, 1.807) is 6.20 Å². The molecule has 0 spiro atoms. The molecular weight excluding hydrogens is 254 g/mol. The molecule has 0 aromatic carbocycles. The van der Waals surface area contributed by atoms with E-state index in [-0.39, 0.29) is 12.1 Å². The summed E-state index contributed by atoms with van der Waals surface area (Å²) in [5.41, 5.74) is 7.57. The highest BCUT2D eigenvalue weighted by Crippen LogP contribution is 2.32. The largest absolute Gasteiger partial charge is 0.393 e. The van der Waals surface area contributed by atoms with Crippen LogP contribution in [0.2, 0.25) is 0 Å². The van der Waals surface area contributed by atoms with Crippen LogP contribution in [0, 0.1) is 0 Å². The van der Waals surface area contributed by atoms with Crippen molar-refractivity contribution in [2.45, 2.75) is 57.6 Å². The Kier molecular flexibility index (Phi) is 3.33. The van der Waals surface area contributed by atoms with Gasteiger partial charge < -0.3 is 10.8 Å². The van der Waals surface area contributed by atoms with Gasteiger partial charge in [0, 0.05) is 6.20 Å². The summed E-state index contributed by atoms with van der Waals surface area (Å²) in [5, 5.41) is 15.4. The minimum Gasteiger partial charge on any atom is -0.393 e. The van der Waals surface area contributed by atoms with Crippen LogP contribution in [0.3, 0.4) is 0 Å². The molecule has 1 fully saturated rings. The molecule has 0 unspecified atom stereocenters. The lowest BCUT2D eigenvalue weighted by molar-refractivity contribution is 0.108. The smallest absolute Gasteiger partial charge is 0.222 e. The summed E-state index contributed by atoms with van der Waals surface area (Å²) in [6, 6.07) is 0.294. The van der Waals surface area contributed by atoms with Gasteiger partial charge in [0.15, 0.2) is 5.65 Å². The Balaban J connectivity index is 2.07. The molecule has 3 N–H and O–H groups in total. The maximum Gasteiger partial charge on any atom is 0.222 e. The van der Waals surface area contributed by atoms with Crippen molar-refractivity contribution < 1.29 is 5.11 Å². The minimum atomic E-state index is -0.169. The Morgan fingerprint density at radius 3 is 2.65 bits per heavy atom. The van der Waals surface area contributed by atoms with Gasteiger partial charge in [0.05, 0.1) is 23.2 Å². The molecular formula is C14H21N5O. The molecule has 20 heavy (non-hydrogen) atoms. The van der Waals surface area contributed by atoms with Crippen LogP contribution in [0.25, 0.3) is 11.0 Å². The predicted molar refractivity (Wildman–Crippen MR) is 77.3 cm³/mol. The Bertz CT molecular complexity index is 613. The van der Waals surface area contributed by atoms with Crippen LogP contribution in [0.4, 0.5) is 5.95 Å². The van der Waals surface area contributed by atoms with Crippen molar-refractivity contribution in [3.8, 4) is 0 Å². The molecule has 2 heterocycles. The molecule has 1 aliphatic carbocycles. The zero-order valence-corrected chi connectivity index (χ0v) is 12.0. The summed E-state index contributed by atoms with van der Waals surface area (Å²) in [5.74, 6) is 0.602. The van der Waals surface area contributed by atoms with Gasteiger partial charge in [-0.1, -0.05) is 13.8 Å². The molecule has 1 saturated carbocycles. The average molecular weight is 275 g/mol. The number of anilines is 1. The molecule has 0 amide bonds. The molecule has 0 aliphatic heterocycles. The molecule has 0 bridgehead atoms. The molecule has 6 nitrogen and oxygen atoms in total. The Morgan fingerprint density at radius 1 is 1.30 bits per heavy atom. The van der Waals surface area contributed by atoms with Crippen molar-refractivity contribution >= 4 is 17.0 Å². The quantitative estimate of drug-likeness (QED) is 0.875. The maximum atomic E-state index is 9.65. The molecule has 1 aliphatic rings. The van der Waals surface area contributed by atoms with E-state index in [0.29, 0.717) is 12.0 Å². The van der Waals surface area contributed by atoms with Crippen LogP contribution in [-0.2, 0) is 0 Å². The number of fused-ring (bicyclic) bond motifs is 1. The van der Waals surface area contributed by atoms with Gasteiger partial charge in [-0.05, 0) is 31.6 Å². The van der Waals surface area contributed by atoms with E-state index in [4.69, 9.17) is 10.8 Å². The third-order valence-electron chi connectivity index (χ3n) is 4.05. The van der Waals surface area contributed by atoms with Crippen LogP contribution in [0.5, 0.6) is 0 Å². The van der Waals surface area contributed by atoms with Gasteiger partial charge in [-0.2, -0.15) is 10.1 Å². The fourth-order valence-corrected chi connectivity index (χ4v) is 2.94. The predicted octanol–water partition coefficient (Wildman–Crippen LogP) is 2.01. The van der Waals surface area contributed by atoms with E-state index >= 15 is 0 Å². The van der Waals surface area contributed by atoms with Gasteiger partial charge in [0.25, 0.3) is 0 Å². The minimum absolute atomic E-state index is 0.169. The maximum absolute atomic E-state index is 9.65. The summed E-state index contributed by atoms with van der Waals surface area (Å²) in [6.07, 6.45) is 5.11. The molecule has 108 valence electrons. The lowest BCUT2D eigenvalue weighted by atomic mass is 9.93. The second kappa shape index (κ2) is 5.01. The first-order valence-corrected chi connectivity index (χ1v) is 7.25. The summed E-state index contributed by atoms with van der Waals surface area (Å²) < 4.78 is 1.99. The molecule has 0 saturated heterocycles. The van der Waals surface area contributed by atoms with Gasteiger partial charge in [0.1, 0.15) is 0 Å². The Hall–Kier alpha value is -1.69. The molecule has 6 heteroatoms.